The summed E-state index contributed by atoms with van der Waals surface area (Å²) in [6, 6.07) is 7.64. The third-order valence-corrected chi connectivity index (χ3v) is 3.81. The zero-order valence-electron chi connectivity index (χ0n) is 15.1. The smallest absolute Gasteiger partial charge is 0.274 e. The van der Waals surface area contributed by atoms with Gasteiger partial charge in [-0.25, -0.2) is 9.97 Å². The molecule has 1 aromatic carbocycles. The minimum absolute atomic E-state index is 0.218. The van der Waals surface area contributed by atoms with E-state index in [4.69, 9.17) is 0 Å². The van der Waals surface area contributed by atoms with Crippen molar-refractivity contribution >= 4 is 17.5 Å². The number of aryl methyl sites for hydroxylation is 3. The number of nitrogens with zero attached hydrogens (tertiary/aromatic N) is 2. The van der Waals surface area contributed by atoms with Gasteiger partial charge in [-0.3, -0.25) is 4.79 Å². The Morgan fingerprint density at radius 3 is 2.42 bits per heavy atom. The number of anilines is 2. The number of carbonyl (C=O) groups is 1. The predicted octanol–water partition coefficient (Wildman–Crippen LogP) is 4.11. The standard InChI is InChI=1S/C19H26N4O/c1-12(2)9-10-20-19-21-15(5)11-16(22-19)18(24)23-17-13(3)7-6-8-14(17)4/h6-8,11-12H,9-10H2,1-5H3,(H,23,24)(H,20,21,22). The van der Waals surface area contributed by atoms with Crippen LogP contribution in [-0.2, 0) is 0 Å². The molecule has 2 rings (SSSR count). The number of hydrogen-bond acceptors (Lipinski definition) is 4. The largest absolute Gasteiger partial charge is 0.354 e. The Kier molecular flexibility index (Phi) is 5.90. The van der Waals surface area contributed by atoms with Crippen LogP contribution in [0, 0.1) is 26.7 Å². The van der Waals surface area contributed by atoms with Gasteiger partial charge in [0.1, 0.15) is 5.69 Å². The summed E-state index contributed by atoms with van der Waals surface area (Å²) in [7, 11) is 0. The number of aromatic nitrogens is 2. The van der Waals surface area contributed by atoms with Crippen LogP contribution in [0.1, 0.15) is 47.6 Å². The molecule has 0 aliphatic rings. The topological polar surface area (TPSA) is 66.9 Å². The maximum Gasteiger partial charge on any atom is 0.274 e. The molecule has 5 nitrogen and oxygen atoms in total. The van der Waals surface area contributed by atoms with Gasteiger partial charge in [-0.2, -0.15) is 0 Å². The van der Waals surface area contributed by atoms with Crippen LogP contribution < -0.4 is 10.6 Å². The highest BCUT2D eigenvalue weighted by Crippen LogP contribution is 2.20. The van der Waals surface area contributed by atoms with Crippen LogP contribution >= 0.6 is 0 Å². The van der Waals surface area contributed by atoms with Gasteiger partial charge >= 0.3 is 0 Å². The van der Waals surface area contributed by atoms with Crippen LogP contribution in [-0.4, -0.2) is 22.4 Å². The first-order chi connectivity index (χ1) is 11.4. The molecular formula is C19H26N4O. The van der Waals surface area contributed by atoms with E-state index >= 15 is 0 Å². The third-order valence-electron chi connectivity index (χ3n) is 3.81. The van der Waals surface area contributed by atoms with Crippen LogP contribution in [0.2, 0.25) is 0 Å². The van der Waals surface area contributed by atoms with Gasteiger partial charge in [0, 0.05) is 17.9 Å². The fourth-order valence-electron chi connectivity index (χ4n) is 2.43. The average Bonchev–Trinajstić information content (AvgIpc) is 2.50. The van der Waals surface area contributed by atoms with Crippen LogP contribution in [0.25, 0.3) is 0 Å². The first kappa shape index (κ1) is 17.9. The summed E-state index contributed by atoms with van der Waals surface area (Å²) in [5.74, 6) is 0.890. The Hall–Kier alpha value is -2.43. The van der Waals surface area contributed by atoms with E-state index in [0.717, 1.165) is 35.5 Å². The first-order valence-corrected chi connectivity index (χ1v) is 8.34. The third kappa shape index (κ3) is 4.78. The Morgan fingerprint density at radius 2 is 1.79 bits per heavy atom. The molecule has 0 bridgehead atoms. The molecule has 5 heteroatoms. The molecule has 0 saturated heterocycles. The molecule has 2 aromatic rings. The highest BCUT2D eigenvalue weighted by molar-refractivity contribution is 6.03. The molecule has 1 aromatic heterocycles. The lowest BCUT2D eigenvalue weighted by molar-refractivity contribution is 0.102. The minimum atomic E-state index is -0.218. The van der Waals surface area contributed by atoms with E-state index in [0.29, 0.717) is 17.6 Å². The van der Waals surface area contributed by atoms with Crippen LogP contribution in [0.15, 0.2) is 24.3 Å². The fraction of sp³-hybridized carbons (Fsp3) is 0.421. The van der Waals surface area contributed by atoms with Gasteiger partial charge < -0.3 is 10.6 Å². The monoisotopic (exact) mass is 326 g/mol. The molecule has 0 spiro atoms. The molecule has 0 unspecified atom stereocenters. The molecule has 128 valence electrons. The lowest BCUT2D eigenvalue weighted by Crippen LogP contribution is -2.17. The number of para-hydroxylation sites is 1. The molecular weight excluding hydrogens is 300 g/mol. The van der Waals surface area contributed by atoms with E-state index in [1.165, 1.54) is 0 Å². The molecule has 24 heavy (non-hydrogen) atoms. The van der Waals surface area contributed by atoms with Crippen molar-refractivity contribution in [3.8, 4) is 0 Å². The van der Waals surface area contributed by atoms with Crippen LogP contribution in [0.3, 0.4) is 0 Å². The number of carbonyl (C=O) groups excluding carboxylic acids is 1. The van der Waals surface area contributed by atoms with Gasteiger partial charge in [0.25, 0.3) is 5.91 Å². The quantitative estimate of drug-likeness (QED) is 0.838. The van der Waals surface area contributed by atoms with Crippen LogP contribution in [0.5, 0.6) is 0 Å². The molecule has 2 N–H and O–H groups in total. The SMILES string of the molecule is Cc1cc(C(=O)Nc2c(C)cccc2C)nc(NCCC(C)C)n1. The number of rotatable bonds is 6. The van der Waals surface area contributed by atoms with E-state index < -0.39 is 0 Å². The fourth-order valence-corrected chi connectivity index (χ4v) is 2.43. The first-order valence-electron chi connectivity index (χ1n) is 8.34. The molecule has 1 amide bonds. The lowest BCUT2D eigenvalue weighted by atomic mass is 10.1. The Morgan fingerprint density at radius 1 is 1.12 bits per heavy atom. The molecule has 0 aliphatic carbocycles. The van der Waals surface area contributed by atoms with Gasteiger partial charge in [0.05, 0.1) is 0 Å². The maximum atomic E-state index is 12.6. The zero-order chi connectivity index (χ0) is 17.7. The molecule has 0 radical (unpaired) electrons. The van der Waals surface area contributed by atoms with E-state index in [1.54, 1.807) is 6.07 Å². The van der Waals surface area contributed by atoms with Crippen molar-refractivity contribution < 1.29 is 4.79 Å². The van der Waals surface area contributed by atoms with Gasteiger partial charge in [-0.15, -0.1) is 0 Å². The summed E-state index contributed by atoms with van der Waals surface area (Å²) >= 11 is 0. The van der Waals surface area contributed by atoms with Gasteiger partial charge in [-0.05, 0) is 50.3 Å². The summed E-state index contributed by atoms with van der Waals surface area (Å²) in [6.45, 7) is 11.0. The zero-order valence-corrected chi connectivity index (χ0v) is 15.1. The van der Waals surface area contributed by atoms with Gasteiger partial charge in [-0.1, -0.05) is 32.0 Å². The highest BCUT2D eigenvalue weighted by Gasteiger charge is 2.13. The van der Waals surface area contributed by atoms with E-state index in [-0.39, 0.29) is 5.91 Å². The number of amides is 1. The minimum Gasteiger partial charge on any atom is -0.354 e. The van der Waals surface area contributed by atoms with Crippen molar-refractivity contribution in [3.05, 3.63) is 46.8 Å². The Bertz CT molecular complexity index is 705. The van der Waals surface area contributed by atoms with Crippen molar-refractivity contribution in [1.82, 2.24) is 9.97 Å². The second-order valence-electron chi connectivity index (χ2n) is 6.55. The van der Waals surface area contributed by atoms with E-state index in [9.17, 15) is 4.79 Å². The van der Waals surface area contributed by atoms with Gasteiger partial charge in [0.2, 0.25) is 5.95 Å². The summed E-state index contributed by atoms with van der Waals surface area (Å²) in [4.78, 5) is 21.3. The molecule has 0 atom stereocenters. The number of hydrogen-bond donors (Lipinski definition) is 2. The summed E-state index contributed by atoms with van der Waals surface area (Å²) in [5.41, 5.74) is 4.04. The highest BCUT2D eigenvalue weighted by atomic mass is 16.1. The lowest BCUT2D eigenvalue weighted by Gasteiger charge is -2.12. The normalized spacial score (nSPS) is 10.8. The Labute approximate surface area is 143 Å². The molecule has 1 heterocycles. The van der Waals surface area contributed by atoms with Crippen LogP contribution in [0.4, 0.5) is 11.6 Å². The summed E-state index contributed by atoms with van der Waals surface area (Å²) in [6.07, 6.45) is 1.03. The van der Waals surface area contributed by atoms with Crippen molar-refractivity contribution in [1.29, 1.82) is 0 Å². The van der Waals surface area contributed by atoms with E-state index in [1.807, 2.05) is 39.0 Å². The summed E-state index contributed by atoms with van der Waals surface area (Å²) < 4.78 is 0. The second kappa shape index (κ2) is 7.90. The van der Waals surface area contributed by atoms with Crippen molar-refractivity contribution in [3.63, 3.8) is 0 Å². The maximum absolute atomic E-state index is 12.6. The summed E-state index contributed by atoms with van der Waals surface area (Å²) in [5, 5.41) is 6.16. The van der Waals surface area contributed by atoms with Gasteiger partial charge in [0.15, 0.2) is 0 Å². The number of nitrogens with one attached hydrogen (secondary N) is 2. The van der Waals surface area contributed by atoms with E-state index in [2.05, 4.69) is 34.4 Å². The average molecular weight is 326 g/mol. The number of benzene rings is 1. The second-order valence-corrected chi connectivity index (χ2v) is 6.55. The van der Waals surface area contributed by atoms with Crippen molar-refractivity contribution in [2.75, 3.05) is 17.2 Å². The Balaban J connectivity index is 2.15. The van der Waals surface area contributed by atoms with Crippen molar-refractivity contribution in [2.24, 2.45) is 5.92 Å². The molecule has 0 fully saturated rings. The molecule has 0 saturated carbocycles. The molecule has 0 aliphatic heterocycles. The van der Waals surface area contributed by atoms with Crippen molar-refractivity contribution in [2.45, 2.75) is 41.0 Å². The predicted molar refractivity (Wildman–Crippen MR) is 98.6 cm³/mol.